The Morgan fingerprint density at radius 3 is 2.62 bits per heavy atom. The molecule has 0 saturated carbocycles. The van der Waals surface area contributed by atoms with Crippen LogP contribution in [0.1, 0.15) is 10.4 Å². The van der Waals surface area contributed by atoms with Crippen LogP contribution < -0.4 is 4.74 Å². The molecule has 128 valence electrons. The molecule has 0 spiro atoms. The lowest BCUT2D eigenvalue weighted by molar-refractivity contribution is 0.0699. The molecular formula is C18H11FN4O3. The van der Waals surface area contributed by atoms with Gasteiger partial charge in [0.05, 0.1) is 11.8 Å². The van der Waals surface area contributed by atoms with Crippen LogP contribution in [-0.2, 0) is 0 Å². The molecule has 4 rings (SSSR count). The van der Waals surface area contributed by atoms with Crippen molar-refractivity contribution in [2.24, 2.45) is 0 Å². The van der Waals surface area contributed by atoms with Crippen LogP contribution >= 0.6 is 0 Å². The Labute approximate surface area is 146 Å². The molecule has 0 unspecified atom stereocenters. The Morgan fingerprint density at radius 2 is 1.92 bits per heavy atom. The van der Waals surface area contributed by atoms with Crippen molar-refractivity contribution in [3.63, 3.8) is 0 Å². The van der Waals surface area contributed by atoms with Crippen LogP contribution in [0.25, 0.3) is 17.0 Å². The highest BCUT2D eigenvalue weighted by Crippen LogP contribution is 2.29. The minimum absolute atomic E-state index is 0.00884. The van der Waals surface area contributed by atoms with E-state index in [0.717, 1.165) is 6.20 Å². The molecule has 0 saturated heterocycles. The third-order valence-electron chi connectivity index (χ3n) is 3.62. The number of carboxylic acid groups (broad SMARTS) is 1. The van der Waals surface area contributed by atoms with Crippen molar-refractivity contribution in [2.75, 3.05) is 0 Å². The Hall–Kier alpha value is -3.81. The maximum Gasteiger partial charge on any atom is 0.338 e. The first kappa shape index (κ1) is 15.7. The molecule has 0 amide bonds. The van der Waals surface area contributed by atoms with Crippen LogP contribution in [0.5, 0.6) is 11.6 Å². The molecule has 0 fully saturated rings. The molecule has 0 aliphatic carbocycles. The highest BCUT2D eigenvalue weighted by atomic mass is 19.1. The summed E-state index contributed by atoms with van der Waals surface area (Å²) in [6, 6.07) is 12.9. The summed E-state index contributed by atoms with van der Waals surface area (Å²) in [6.07, 6.45) is 2.55. The van der Waals surface area contributed by atoms with Gasteiger partial charge in [0.25, 0.3) is 0 Å². The number of hydrogen-bond donors (Lipinski definition) is 1. The number of fused-ring (bicyclic) bond motifs is 1. The van der Waals surface area contributed by atoms with Crippen LogP contribution in [0.3, 0.4) is 0 Å². The third-order valence-corrected chi connectivity index (χ3v) is 3.62. The van der Waals surface area contributed by atoms with E-state index in [9.17, 15) is 14.3 Å². The SMILES string of the molecule is O=C(O)c1ccn2nc(-c3ccc(F)cn3)nc(Oc3ccccc3)c12. The first-order chi connectivity index (χ1) is 12.6. The monoisotopic (exact) mass is 350 g/mol. The van der Waals surface area contributed by atoms with Crippen molar-refractivity contribution >= 4 is 11.5 Å². The summed E-state index contributed by atoms with van der Waals surface area (Å²) in [6.45, 7) is 0. The number of aromatic nitrogens is 4. The maximum absolute atomic E-state index is 13.1. The minimum Gasteiger partial charge on any atom is -0.478 e. The van der Waals surface area contributed by atoms with E-state index in [2.05, 4.69) is 15.1 Å². The van der Waals surface area contributed by atoms with Crippen molar-refractivity contribution in [1.29, 1.82) is 0 Å². The van der Waals surface area contributed by atoms with E-state index in [-0.39, 0.29) is 22.8 Å². The molecule has 8 heteroatoms. The van der Waals surface area contributed by atoms with Gasteiger partial charge in [-0.15, -0.1) is 5.10 Å². The van der Waals surface area contributed by atoms with Crippen molar-refractivity contribution in [3.8, 4) is 23.1 Å². The van der Waals surface area contributed by atoms with Gasteiger partial charge in [0.15, 0.2) is 0 Å². The summed E-state index contributed by atoms with van der Waals surface area (Å²) in [5.41, 5.74) is 0.554. The lowest BCUT2D eigenvalue weighted by Gasteiger charge is -2.09. The second-order valence-electron chi connectivity index (χ2n) is 5.35. The molecular weight excluding hydrogens is 339 g/mol. The van der Waals surface area contributed by atoms with E-state index in [1.54, 1.807) is 24.3 Å². The van der Waals surface area contributed by atoms with Crippen molar-refractivity contribution in [2.45, 2.75) is 0 Å². The zero-order valence-electron chi connectivity index (χ0n) is 13.2. The fourth-order valence-corrected chi connectivity index (χ4v) is 2.45. The van der Waals surface area contributed by atoms with Crippen LogP contribution in [0.2, 0.25) is 0 Å². The fraction of sp³-hybridized carbons (Fsp3) is 0. The zero-order valence-corrected chi connectivity index (χ0v) is 13.2. The predicted octanol–water partition coefficient (Wildman–Crippen LogP) is 3.42. The van der Waals surface area contributed by atoms with Gasteiger partial charge >= 0.3 is 5.97 Å². The number of benzene rings is 1. The predicted molar refractivity (Wildman–Crippen MR) is 89.7 cm³/mol. The molecule has 26 heavy (non-hydrogen) atoms. The highest BCUT2D eigenvalue weighted by Gasteiger charge is 2.19. The molecule has 4 aromatic rings. The van der Waals surface area contributed by atoms with Crippen molar-refractivity contribution in [3.05, 3.63) is 72.3 Å². The number of aromatic carboxylic acids is 1. The molecule has 0 atom stereocenters. The second-order valence-corrected chi connectivity index (χ2v) is 5.35. The zero-order chi connectivity index (χ0) is 18.1. The molecule has 3 heterocycles. The topological polar surface area (TPSA) is 89.6 Å². The van der Waals surface area contributed by atoms with Gasteiger partial charge in [0.1, 0.15) is 22.8 Å². The van der Waals surface area contributed by atoms with Crippen molar-refractivity contribution in [1.82, 2.24) is 19.6 Å². The standard InChI is InChI=1S/C18H11FN4O3/c19-11-6-7-14(20-10-11)16-21-17(26-12-4-2-1-3-5-12)15-13(18(24)25)8-9-23(15)22-16/h1-10H,(H,24,25). The Balaban J connectivity index is 1.91. The number of carbonyl (C=O) groups is 1. The number of halogens is 1. The summed E-state index contributed by atoms with van der Waals surface area (Å²) in [5.74, 6) is -0.874. The smallest absolute Gasteiger partial charge is 0.338 e. The largest absolute Gasteiger partial charge is 0.478 e. The molecule has 7 nitrogen and oxygen atoms in total. The average molecular weight is 350 g/mol. The summed E-state index contributed by atoms with van der Waals surface area (Å²) in [7, 11) is 0. The number of pyridine rings is 1. The van der Waals surface area contributed by atoms with Crippen LogP contribution in [0.15, 0.2) is 60.9 Å². The Morgan fingerprint density at radius 1 is 1.12 bits per heavy atom. The van der Waals surface area contributed by atoms with Crippen LogP contribution in [-0.4, -0.2) is 30.7 Å². The third kappa shape index (κ3) is 2.84. The molecule has 0 bridgehead atoms. The quantitative estimate of drug-likeness (QED) is 0.606. The summed E-state index contributed by atoms with van der Waals surface area (Å²) in [5, 5.41) is 13.7. The van der Waals surface area contributed by atoms with E-state index >= 15 is 0 Å². The van der Waals surface area contributed by atoms with Crippen LogP contribution in [0.4, 0.5) is 4.39 Å². The van der Waals surface area contributed by atoms with Crippen LogP contribution in [0, 0.1) is 5.82 Å². The van der Waals surface area contributed by atoms with Gasteiger partial charge in [-0.3, -0.25) is 0 Å². The van der Waals surface area contributed by atoms with Gasteiger partial charge < -0.3 is 9.84 Å². The van der Waals surface area contributed by atoms with Gasteiger partial charge in [-0.1, -0.05) is 18.2 Å². The Kier molecular flexibility index (Phi) is 3.77. The first-order valence-electron chi connectivity index (χ1n) is 7.59. The van der Waals surface area contributed by atoms with E-state index < -0.39 is 11.8 Å². The van der Waals surface area contributed by atoms with Crippen molar-refractivity contribution < 1.29 is 19.0 Å². The van der Waals surface area contributed by atoms with E-state index in [1.807, 2.05) is 6.07 Å². The number of carboxylic acids is 1. The van der Waals surface area contributed by atoms with Gasteiger partial charge in [0, 0.05) is 6.20 Å². The minimum atomic E-state index is -1.12. The number of para-hydroxylation sites is 1. The summed E-state index contributed by atoms with van der Waals surface area (Å²) >= 11 is 0. The second kappa shape index (κ2) is 6.25. The molecule has 3 aromatic heterocycles. The Bertz CT molecular complexity index is 1090. The lowest BCUT2D eigenvalue weighted by Crippen LogP contribution is -2.04. The van der Waals surface area contributed by atoms with Gasteiger partial charge in [-0.2, -0.15) is 4.98 Å². The van der Waals surface area contributed by atoms with E-state index in [1.165, 1.54) is 28.9 Å². The summed E-state index contributed by atoms with van der Waals surface area (Å²) in [4.78, 5) is 19.8. The first-order valence-corrected chi connectivity index (χ1v) is 7.59. The molecule has 0 aliphatic heterocycles. The van der Waals surface area contributed by atoms with Gasteiger partial charge in [-0.05, 0) is 30.3 Å². The number of hydrogen-bond acceptors (Lipinski definition) is 5. The highest BCUT2D eigenvalue weighted by molar-refractivity contribution is 5.97. The fourth-order valence-electron chi connectivity index (χ4n) is 2.45. The normalized spacial score (nSPS) is 10.8. The van der Waals surface area contributed by atoms with E-state index in [0.29, 0.717) is 11.4 Å². The van der Waals surface area contributed by atoms with Gasteiger partial charge in [-0.25, -0.2) is 18.7 Å². The molecule has 0 radical (unpaired) electrons. The average Bonchev–Trinajstić information content (AvgIpc) is 3.08. The lowest BCUT2D eigenvalue weighted by atomic mass is 10.3. The van der Waals surface area contributed by atoms with E-state index in [4.69, 9.17) is 4.74 Å². The number of rotatable bonds is 4. The maximum atomic E-state index is 13.1. The number of nitrogens with zero attached hydrogens (tertiary/aromatic N) is 4. The molecule has 1 aromatic carbocycles. The van der Waals surface area contributed by atoms with Gasteiger partial charge in [0.2, 0.25) is 11.7 Å². The molecule has 0 aliphatic rings. The number of ether oxygens (including phenoxy) is 1. The summed E-state index contributed by atoms with van der Waals surface area (Å²) < 4.78 is 20.3. The molecule has 1 N–H and O–H groups in total.